The van der Waals surface area contributed by atoms with Crippen molar-refractivity contribution in [1.29, 1.82) is 0 Å². The predicted octanol–water partition coefficient (Wildman–Crippen LogP) is 2.45. The zero-order chi connectivity index (χ0) is 21.6. The number of aromatic nitrogens is 6. The number of imidazole rings is 1. The van der Waals surface area contributed by atoms with Gasteiger partial charge in [0, 0.05) is 24.8 Å². The molecular formula is C21H23ClN6O2. The SMILES string of the molecule is CCc1cc(CC)n(-c2nc3c(c(=O)n(Cc4ccccc4Cl)c(=O)n3C)n2C)n1. The van der Waals surface area contributed by atoms with Crippen LogP contribution >= 0.6 is 11.6 Å². The van der Waals surface area contributed by atoms with Gasteiger partial charge in [-0.2, -0.15) is 10.1 Å². The lowest BCUT2D eigenvalue weighted by molar-refractivity contribution is 0.655. The van der Waals surface area contributed by atoms with Crippen molar-refractivity contribution >= 4 is 22.8 Å². The van der Waals surface area contributed by atoms with Crippen LogP contribution in [0.3, 0.4) is 0 Å². The van der Waals surface area contributed by atoms with Gasteiger partial charge in [-0.1, -0.05) is 43.6 Å². The first-order chi connectivity index (χ1) is 14.4. The smallest absolute Gasteiger partial charge is 0.306 e. The first kappa shape index (κ1) is 20.2. The summed E-state index contributed by atoms with van der Waals surface area (Å²) in [5.74, 6) is 0.504. The van der Waals surface area contributed by atoms with Crippen LogP contribution in [0.5, 0.6) is 0 Å². The fraction of sp³-hybridized carbons (Fsp3) is 0.333. The molecule has 0 fully saturated rings. The highest BCUT2D eigenvalue weighted by Gasteiger charge is 2.21. The second-order valence-electron chi connectivity index (χ2n) is 7.21. The molecule has 0 saturated heterocycles. The van der Waals surface area contributed by atoms with Crippen LogP contribution in [-0.2, 0) is 33.5 Å². The molecule has 30 heavy (non-hydrogen) atoms. The molecule has 0 aliphatic rings. The third-order valence-electron chi connectivity index (χ3n) is 5.37. The minimum atomic E-state index is -0.442. The fourth-order valence-corrected chi connectivity index (χ4v) is 3.83. The van der Waals surface area contributed by atoms with Gasteiger partial charge in [0.1, 0.15) is 0 Å². The Morgan fingerprint density at radius 1 is 1.03 bits per heavy atom. The number of rotatable bonds is 5. The predicted molar refractivity (Wildman–Crippen MR) is 117 cm³/mol. The molecule has 0 unspecified atom stereocenters. The first-order valence-electron chi connectivity index (χ1n) is 9.85. The summed E-state index contributed by atoms with van der Waals surface area (Å²) >= 11 is 6.25. The number of hydrogen-bond donors (Lipinski definition) is 0. The van der Waals surface area contributed by atoms with Crippen LogP contribution in [0, 0.1) is 0 Å². The van der Waals surface area contributed by atoms with Crippen molar-refractivity contribution in [3.63, 3.8) is 0 Å². The van der Waals surface area contributed by atoms with E-state index in [9.17, 15) is 9.59 Å². The van der Waals surface area contributed by atoms with Gasteiger partial charge in [-0.25, -0.2) is 9.48 Å². The third-order valence-corrected chi connectivity index (χ3v) is 5.74. The highest BCUT2D eigenvalue weighted by atomic mass is 35.5. The molecule has 0 radical (unpaired) electrons. The van der Waals surface area contributed by atoms with Gasteiger partial charge in [0.05, 0.1) is 12.2 Å². The second-order valence-corrected chi connectivity index (χ2v) is 7.62. The van der Waals surface area contributed by atoms with E-state index in [4.69, 9.17) is 11.6 Å². The molecule has 0 amide bonds. The molecule has 9 heteroatoms. The topological polar surface area (TPSA) is 79.6 Å². The largest absolute Gasteiger partial charge is 0.332 e. The molecule has 0 aliphatic carbocycles. The van der Waals surface area contributed by atoms with Crippen molar-refractivity contribution in [2.24, 2.45) is 14.1 Å². The molecule has 3 aromatic heterocycles. The maximum atomic E-state index is 13.3. The summed E-state index contributed by atoms with van der Waals surface area (Å²) in [6, 6.07) is 9.21. The van der Waals surface area contributed by atoms with Gasteiger partial charge in [-0.15, -0.1) is 0 Å². The average molecular weight is 427 g/mol. The molecule has 0 aliphatic heterocycles. The molecule has 4 aromatic rings. The van der Waals surface area contributed by atoms with Gasteiger partial charge in [0.15, 0.2) is 11.2 Å². The molecule has 3 heterocycles. The summed E-state index contributed by atoms with van der Waals surface area (Å²) in [7, 11) is 3.38. The van der Waals surface area contributed by atoms with E-state index in [-0.39, 0.29) is 6.54 Å². The highest BCUT2D eigenvalue weighted by molar-refractivity contribution is 6.31. The molecule has 1 aromatic carbocycles. The summed E-state index contributed by atoms with van der Waals surface area (Å²) < 4.78 is 6.04. The summed E-state index contributed by atoms with van der Waals surface area (Å²) in [6.07, 6.45) is 1.57. The summed E-state index contributed by atoms with van der Waals surface area (Å²) in [5.41, 5.74) is 2.46. The highest BCUT2D eigenvalue weighted by Crippen LogP contribution is 2.18. The lowest BCUT2D eigenvalue weighted by Gasteiger charge is -2.10. The summed E-state index contributed by atoms with van der Waals surface area (Å²) in [4.78, 5) is 30.9. The van der Waals surface area contributed by atoms with Crippen LogP contribution in [0.4, 0.5) is 0 Å². The van der Waals surface area contributed by atoms with Crippen molar-refractivity contribution in [2.75, 3.05) is 0 Å². The van der Waals surface area contributed by atoms with Crippen LogP contribution in [0.2, 0.25) is 5.02 Å². The normalized spacial score (nSPS) is 11.5. The quantitative estimate of drug-likeness (QED) is 0.491. The van der Waals surface area contributed by atoms with Gasteiger partial charge in [0.2, 0.25) is 5.95 Å². The molecular weight excluding hydrogens is 404 g/mol. The molecule has 0 spiro atoms. The molecule has 156 valence electrons. The van der Waals surface area contributed by atoms with E-state index in [0.717, 1.165) is 24.2 Å². The van der Waals surface area contributed by atoms with Crippen molar-refractivity contribution in [1.82, 2.24) is 28.5 Å². The number of hydrogen-bond acceptors (Lipinski definition) is 4. The Balaban J connectivity index is 1.97. The van der Waals surface area contributed by atoms with Crippen LogP contribution in [0.15, 0.2) is 39.9 Å². The standard InChI is InChI=1S/C21H23ClN6O2/c1-5-14-11-15(6-2)28(24-14)20-23-18-17(25(20)3)19(29)27(21(30)26(18)4)12-13-9-7-8-10-16(13)22/h7-11H,5-6,12H2,1-4H3. The van der Waals surface area contributed by atoms with Crippen molar-refractivity contribution in [3.05, 3.63) is 73.1 Å². The van der Waals surface area contributed by atoms with Gasteiger partial charge < -0.3 is 4.57 Å². The van der Waals surface area contributed by atoms with Crippen LogP contribution in [-0.4, -0.2) is 28.5 Å². The Hall–Kier alpha value is -3.13. The van der Waals surface area contributed by atoms with E-state index in [1.807, 2.05) is 32.0 Å². The van der Waals surface area contributed by atoms with E-state index < -0.39 is 11.2 Å². The van der Waals surface area contributed by atoms with E-state index in [0.29, 0.717) is 27.7 Å². The number of halogens is 1. The van der Waals surface area contributed by atoms with E-state index in [1.54, 1.807) is 35.5 Å². The van der Waals surface area contributed by atoms with Crippen LogP contribution in [0.25, 0.3) is 17.1 Å². The zero-order valence-electron chi connectivity index (χ0n) is 17.4. The molecule has 8 nitrogen and oxygen atoms in total. The Kier molecular flexibility index (Phi) is 5.11. The lowest BCUT2D eigenvalue weighted by atomic mass is 10.2. The van der Waals surface area contributed by atoms with Crippen molar-refractivity contribution in [2.45, 2.75) is 33.2 Å². The number of nitrogens with zero attached hydrogens (tertiary/aromatic N) is 6. The maximum absolute atomic E-state index is 13.3. The van der Waals surface area contributed by atoms with Crippen molar-refractivity contribution < 1.29 is 0 Å². The summed E-state index contributed by atoms with van der Waals surface area (Å²) in [6.45, 7) is 4.17. The van der Waals surface area contributed by atoms with Crippen LogP contribution < -0.4 is 11.2 Å². The van der Waals surface area contributed by atoms with E-state index in [2.05, 4.69) is 10.1 Å². The lowest BCUT2D eigenvalue weighted by Crippen LogP contribution is -2.39. The molecule has 4 rings (SSSR count). The van der Waals surface area contributed by atoms with Crippen molar-refractivity contribution in [3.8, 4) is 5.95 Å². The Bertz CT molecular complexity index is 1370. The first-order valence-corrected chi connectivity index (χ1v) is 10.2. The fourth-order valence-electron chi connectivity index (χ4n) is 3.63. The second kappa shape index (κ2) is 7.60. The molecule has 0 atom stereocenters. The van der Waals surface area contributed by atoms with Gasteiger partial charge in [-0.05, 0) is 30.5 Å². The monoisotopic (exact) mass is 426 g/mol. The van der Waals surface area contributed by atoms with Crippen LogP contribution in [0.1, 0.15) is 30.8 Å². The van der Waals surface area contributed by atoms with E-state index >= 15 is 0 Å². The van der Waals surface area contributed by atoms with E-state index in [1.165, 1.54) is 9.13 Å². The molecule has 0 bridgehead atoms. The zero-order valence-corrected chi connectivity index (χ0v) is 18.1. The minimum absolute atomic E-state index is 0.0869. The Morgan fingerprint density at radius 2 is 1.77 bits per heavy atom. The van der Waals surface area contributed by atoms with Gasteiger partial charge in [0.25, 0.3) is 5.56 Å². The third kappa shape index (κ3) is 3.08. The average Bonchev–Trinajstić information content (AvgIpc) is 3.31. The number of fused-ring (bicyclic) bond motifs is 1. The number of benzene rings is 1. The minimum Gasteiger partial charge on any atom is -0.306 e. The van der Waals surface area contributed by atoms with Gasteiger partial charge >= 0.3 is 5.69 Å². The summed E-state index contributed by atoms with van der Waals surface area (Å²) in [5, 5.41) is 5.14. The Labute approximate surface area is 178 Å². The maximum Gasteiger partial charge on any atom is 0.332 e. The number of aryl methyl sites for hydroxylation is 4. The molecule has 0 N–H and O–H groups in total. The Morgan fingerprint density at radius 3 is 2.43 bits per heavy atom. The molecule has 0 saturated carbocycles. The van der Waals surface area contributed by atoms with Gasteiger partial charge in [-0.3, -0.25) is 13.9 Å².